The number of benzene rings is 1. The highest BCUT2D eigenvalue weighted by atomic mass is 16.3. The minimum absolute atomic E-state index is 0.102. The van der Waals surface area contributed by atoms with Crippen molar-refractivity contribution in [3.63, 3.8) is 0 Å². The summed E-state index contributed by atoms with van der Waals surface area (Å²) in [6.45, 7) is 5.93. The maximum absolute atomic E-state index is 11.8. The predicted molar refractivity (Wildman–Crippen MR) is 70.6 cm³/mol. The lowest BCUT2D eigenvalue weighted by molar-refractivity contribution is 0.0850. The Kier molecular flexibility index (Phi) is 5.16. The van der Waals surface area contributed by atoms with Gasteiger partial charge in [-0.05, 0) is 30.5 Å². The third-order valence-electron chi connectivity index (χ3n) is 3.24. The SMILES string of the molecule is CCC(C)C(O)CNC(=O)c1ccc(C)c(O)c1. The van der Waals surface area contributed by atoms with Gasteiger partial charge in [0.2, 0.25) is 0 Å². The third kappa shape index (κ3) is 3.74. The van der Waals surface area contributed by atoms with E-state index in [-0.39, 0.29) is 24.1 Å². The first-order valence-corrected chi connectivity index (χ1v) is 6.21. The van der Waals surface area contributed by atoms with Crippen LogP contribution in [0.3, 0.4) is 0 Å². The van der Waals surface area contributed by atoms with Crippen molar-refractivity contribution in [2.75, 3.05) is 6.54 Å². The van der Waals surface area contributed by atoms with Crippen LogP contribution >= 0.6 is 0 Å². The van der Waals surface area contributed by atoms with Crippen molar-refractivity contribution in [2.45, 2.75) is 33.3 Å². The number of phenols is 1. The number of phenolic OH excluding ortho intramolecular Hbond substituents is 1. The van der Waals surface area contributed by atoms with E-state index < -0.39 is 6.10 Å². The Morgan fingerprint density at radius 3 is 2.67 bits per heavy atom. The number of carbonyl (C=O) groups is 1. The molecule has 0 spiro atoms. The number of aliphatic hydroxyl groups is 1. The zero-order valence-electron chi connectivity index (χ0n) is 11.1. The van der Waals surface area contributed by atoms with E-state index in [1.54, 1.807) is 19.1 Å². The van der Waals surface area contributed by atoms with Crippen LogP contribution < -0.4 is 5.32 Å². The lowest BCUT2D eigenvalue weighted by atomic mass is 10.0. The second kappa shape index (κ2) is 6.40. The van der Waals surface area contributed by atoms with E-state index >= 15 is 0 Å². The molecule has 3 N–H and O–H groups in total. The van der Waals surface area contributed by atoms with E-state index in [1.165, 1.54) is 6.07 Å². The summed E-state index contributed by atoms with van der Waals surface area (Å²) in [4.78, 5) is 11.8. The van der Waals surface area contributed by atoms with E-state index in [4.69, 9.17) is 0 Å². The van der Waals surface area contributed by atoms with Gasteiger partial charge in [-0.25, -0.2) is 0 Å². The number of rotatable bonds is 5. The highest BCUT2D eigenvalue weighted by Gasteiger charge is 2.14. The van der Waals surface area contributed by atoms with Crippen molar-refractivity contribution in [1.29, 1.82) is 0 Å². The number of aromatic hydroxyl groups is 1. The molecule has 2 atom stereocenters. The number of aliphatic hydroxyl groups excluding tert-OH is 1. The Morgan fingerprint density at radius 1 is 1.44 bits per heavy atom. The quantitative estimate of drug-likeness (QED) is 0.748. The zero-order valence-corrected chi connectivity index (χ0v) is 11.1. The molecule has 100 valence electrons. The van der Waals surface area contributed by atoms with Crippen molar-refractivity contribution in [3.8, 4) is 5.75 Å². The Hall–Kier alpha value is -1.55. The molecule has 0 heterocycles. The van der Waals surface area contributed by atoms with Gasteiger partial charge in [0.1, 0.15) is 5.75 Å². The Morgan fingerprint density at radius 2 is 2.11 bits per heavy atom. The van der Waals surface area contributed by atoms with Crippen LogP contribution in [0.25, 0.3) is 0 Å². The fraction of sp³-hybridized carbons (Fsp3) is 0.500. The summed E-state index contributed by atoms with van der Waals surface area (Å²) < 4.78 is 0. The molecule has 1 aromatic carbocycles. The third-order valence-corrected chi connectivity index (χ3v) is 3.24. The maximum Gasteiger partial charge on any atom is 0.251 e. The molecule has 1 rings (SSSR count). The fourth-order valence-corrected chi connectivity index (χ4v) is 1.52. The normalized spacial score (nSPS) is 14.0. The number of hydrogen-bond acceptors (Lipinski definition) is 3. The smallest absolute Gasteiger partial charge is 0.251 e. The molecule has 4 heteroatoms. The molecule has 0 fully saturated rings. The maximum atomic E-state index is 11.8. The van der Waals surface area contributed by atoms with Gasteiger partial charge in [0.05, 0.1) is 6.10 Å². The van der Waals surface area contributed by atoms with Gasteiger partial charge in [-0.15, -0.1) is 0 Å². The van der Waals surface area contributed by atoms with Gasteiger partial charge in [0.15, 0.2) is 0 Å². The number of carbonyl (C=O) groups excluding carboxylic acids is 1. The molecule has 0 radical (unpaired) electrons. The fourth-order valence-electron chi connectivity index (χ4n) is 1.52. The van der Waals surface area contributed by atoms with E-state index in [1.807, 2.05) is 13.8 Å². The molecular weight excluding hydrogens is 230 g/mol. The average molecular weight is 251 g/mol. The van der Waals surface area contributed by atoms with Gasteiger partial charge in [0.25, 0.3) is 5.91 Å². The van der Waals surface area contributed by atoms with Gasteiger partial charge in [-0.2, -0.15) is 0 Å². The molecule has 1 amide bonds. The molecule has 0 saturated carbocycles. The summed E-state index contributed by atoms with van der Waals surface area (Å²) in [5, 5.41) is 21.9. The second-order valence-corrected chi connectivity index (χ2v) is 4.66. The monoisotopic (exact) mass is 251 g/mol. The van der Waals surface area contributed by atoms with Crippen LogP contribution in [0, 0.1) is 12.8 Å². The molecule has 0 aliphatic carbocycles. The Labute approximate surface area is 108 Å². The topological polar surface area (TPSA) is 69.6 Å². The number of amides is 1. The van der Waals surface area contributed by atoms with Crippen molar-refractivity contribution in [3.05, 3.63) is 29.3 Å². The lowest BCUT2D eigenvalue weighted by Gasteiger charge is -2.17. The van der Waals surface area contributed by atoms with Crippen molar-refractivity contribution >= 4 is 5.91 Å². The molecule has 1 aromatic rings. The molecule has 0 aromatic heterocycles. The van der Waals surface area contributed by atoms with Gasteiger partial charge in [0, 0.05) is 12.1 Å². The van der Waals surface area contributed by atoms with Crippen LogP contribution in [0.1, 0.15) is 36.2 Å². The van der Waals surface area contributed by atoms with Crippen LogP contribution in [-0.4, -0.2) is 28.8 Å². The lowest BCUT2D eigenvalue weighted by Crippen LogP contribution is -2.35. The van der Waals surface area contributed by atoms with E-state index in [0.717, 1.165) is 12.0 Å². The minimum atomic E-state index is -0.544. The van der Waals surface area contributed by atoms with Crippen LogP contribution in [0.15, 0.2) is 18.2 Å². The minimum Gasteiger partial charge on any atom is -0.508 e. The summed E-state index contributed by atoms with van der Waals surface area (Å²) in [5.74, 6) is -0.0329. The average Bonchev–Trinajstić information content (AvgIpc) is 2.37. The van der Waals surface area contributed by atoms with Crippen LogP contribution in [-0.2, 0) is 0 Å². The van der Waals surface area contributed by atoms with Crippen LogP contribution in [0.4, 0.5) is 0 Å². The van der Waals surface area contributed by atoms with E-state index in [2.05, 4.69) is 5.32 Å². The van der Waals surface area contributed by atoms with Gasteiger partial charge >= 0.3 is 0 Å². The van der Waals surface area contributed by atoms with Crippen molar-refractivity contribution in [2.24, 2.45) is 5.92 Å². The van der Waals surface area contributed by atoms with Crippen molar-refractivity contribution in [1.82, 2.24) is 5.32 Å². The van der Waals surface area contributed by atoms with E-state index in [0.29, 0.717) is 5.56 Å². The largest absolute Gasteiger partial charge is 0.508 e. The molecule has 18 heavy (non-hydrogen) atoms. The molecular formula is C14H21NO3. The summed E-state index contributed by atoms with van der Waals surface area (Å²) >= 11 is 0. The van der Waals surface area contributed by atoms with E-state index in [9.17, 15) is 15.0 Å². The number of nitrogens with one attached hydrogen (secondary N) is 1. The zero-order chi connectivity index (χ0) is 13.7. The summed E-state index contributed by atoms with van der Waals surface area (Å²) in [5.41, 5.74) is 1.13. The van der Waals surface area contributed by atoms with Crippen molar-refractivity contribution < 1.29 is 15.0 Å². The van der Waals surface area contributed by atoms with Gasteiger partial charge in [-0.1, -0.05) is 26.3 Å². The summed E-state index contributed by atoms with van der Waals surface area (Å²) in [6.07, 6.45) is 0.320. The first-order chi connectivity index (χ1) is 8.45. The highest BCUT2D eigenvalue weighted by molar-refractivity contribution is 5.94. The Bertz CT molecular complexity index is 418. The highest BCUT2D eigenvalue weighted by Crippen LogP contribution is 2.17. The standard InChI is InChI=1S/C14H21NO3/c1-4-9(2)13(17)8-15-14(18)11-6-5-10(3)12(16)7-11/h5-7,9,13,16-17H,4,8H2,1-3H3,(H,15,18). The van der Waals surface area contributed by atoms with Gasteiger partial charge < -0.3 is 15.5 Å². The molecule has 0 aliphatic heterocycles. The number of hydrogen-bond donors (Lipinski definition) is 3. The Balaban J connectivity index is 2.58. The molecule has 0 aliphatic rings. The van der Waals surface area contributed by atoms with Crippen LogP contribution in [0.2, 0.25) is 0 Å². The molecule has 0 saturated heterocycles. The predicted octanol–water partition coefficient (Wildman–Crippen LogP) is 1.84. The summed E-state index contributed by atoms with van der Waals surface area (Å²) in [6, 6.07) is 4.77. The first-order valence-electron chi connectivity index (χ1n) is 6.21. The summed E-state index contributed by atoms with van der Waals surface area (Å²) in [7, 11) is 0. The second-order valence-electron chi connectivity index (χ2n) is 4.66. The molecule has 2 unspecified atom stereocenters. The van der Waals surface area contributed by atoms with Gasteiger partial charge in [-0.3, -0.25) is 4.79 Å². The molecule has 0 bridgehead atoms. The molecule has 4 nitrogen and oxygen atoms in total. The first kappa shape index (κ1) is 14.5. The van der Waals surface area contributed by atoms with Crippen LogP contribution in [0.5, 0.6) is 5.75 Å². The number of aryl methyl sites for hydroxylation is 1.